The number of rotatable bonds is 3. The summed E-state index contributed by atoms with van der Waals surface area (Å²) in [6, 6.07) is 0. The second-order valence-electron chi connectivity index (χ2n) is 3.28. The van der Waals surface area contributed by atoms with Crippen molar-refractivity contribution in [3.63, 3.8) is 0 Å². The molecule has 0 bridgehead atoms. The zero-order valence-electron chi connectivity index (χ0n) is 6.75. The van der Waals surface area contributed by atoms with Crippen LogP contribution in [0.5, 0.6) is 0 Å². The fraction of sp³-hybridized carbons (Fsp3) is 0.750. The van der Waals surface area contributed by atoms with Gasteiger partial charge in [-0.2, -0.15) is 0 Å². The van der Waals surface area contributed by atoms with Crippen molar-refractivity contribution >= 4 is 11.8 Å². The molecule has 0 atom stereocenters. The van der Waals surface area contributed by atoms with Crippen molar-refractivity contribution < 1.29 is 19.8 Å². The van der Waals surface area contributed by atoms with Gasteiger partial charge in [-0.15, -0.1) is 0 Å². The molecular weight excluding hydrogens is 160 g/mol. The van der Waals surface area contributed by atoms with Crippen LogP contribution < -0.4 is 0 Å². The zero-order valence-corrected chi connectivity index (χ0v) is 6.75. The number of carboxylic acid groups (broad SMARTS) is 1. The molecule has 1 aliphatic carbocycles. The van der Waals surface area contributed by atoms with Crippen LogP contribution in [0, 0.1) is 5.41 Å². The van der Waals surface area contributed by atoms with E-state index in [1.165, 1.54) is 0 Å². The summed E-state index contributed by atoms with van der Waals surface area (Å²) in [5.74, 6) is -2.26. The third kappa shape index (κ3) is 1.34. The first kappa shape index (κ1) is 9.19. The Bertz CT molecular complexity index is 203. The molecule has 1 aliphatic rings. The number of hydrogen-bond donors (Lipinski definition) is 2. The van der Waals surface area contributed by atoms with Crippen LogP contribution in [0.2, 0.25) is 0 Å². The van der Waals surface area contributed by atoms with Gasteiger partial charge < -0.3 is 10.2 Å². The summed E-state index contributed by atoms with van der Waals surface area (Å²) in [5.41, 5.74) is -0.966. The number of carbonyl (C=O) groups excluding carboxylic acids is 1. The van der Waals surface area contributed by atoms with E-state index in [4.69, 9.17) is 10.2 Å². The number of carboxylic acids is 1. The Morgan fingerprint density at radius 2 is 1.75 bits per heavy atom. The molecule has 0 heterocycles. The Hall–Kier alpha value is -0.900. The molecule has 0 aromatic rings. The molecule has 68 valence electrons. The summed E-state index contributed by atoms with van der Waals surface area (Å²) < 4.78 is 0. The van der Waals surface area contributed by atoms with Crippen molar-refractivity contribution in [1.29, 1.82) is 0 Å². The van der Waals surface area contributed by atoms with Crippen LogP contribution in [0.15, 0.2) is 0 Å². The number of aliphatic hydroxyl groups is 1. The van der Waals surface area contributed by atoms with Crippen LogP contribution in [0.25, 0.3) is 0 Å². The lowest BCUT2D eigenvalue weighted by molar-refractivity contribution is -0.155. The first-order valence-electron chi connectivity index (χ1n) is 4.01. The zero-order chi connectivity index (χ0) is 9.19. The summed E-state index contributed by atoms with van der Waals surface area (Å²) in [7, 11) is 0. The smallest absolute Gasteiger partial charge is 0.372 e. The van der Waals surface area contributed by atoms with Crippen molar-refractivity contribution in [1.82, 2.24) is 0 Å². The highest BCUT2D eigenvalue weighted by Crippen LogP contribution is 2.38. The van der Waals surface area contributed by atoms with Gasteiger partial charge in [-0.05, 0) is 12.8 Å². The van der Waals surface area contributed by atoms with E-state index in [9.17, 15) is 9.59 Å². The predicted octanol–water partition coefficient (Wildman–Crippen LogP) is 0.193. The van der Waals surface area contributed by atoms with E-state index in [1.54, 1.807) is 0 Å². The Balaban J connectivity index is 2.79. The fourth-order valence-corrected chi connectivity index (χ4v) is 1.74. The van der Waals surface area contributed by atoms with Gasteiger partial charge in [-0.3, -0.25) is 4.79 Å². The van der Waals surface area contributed by atoms with Crippen LogP contribution in [0.4, 0.5) is 0 Å². The minimum atomic E-state index is -1.43. The highest BCUT2D eigenvalue weighted by molar-refractivity contribution is 6.35. The molecule has 4 heteroatoms. The van der Waals surface area contributed by atoms with Gasteiger partial charge in [0, 0.05) is 0 Å². The number of aliphatic hydroxyl groups excluding tert-OH is 1. The molecule has 12 heavy (non-hydrogen) atoms. The van der Waals surface area contributed by atoms with E-state index in [2.05, 4.69) is 0 Å². The molecule has 4 nitrogen and oxygen atoms in total. The maximum absolute atomic E-state index is 11.1. The van der Waals surface area contributed by atoms with Gasteiger partial charge in [0.2, 0.25) is 5.78 Å². The van der Waals surface area contributed by atoms with Crippen molar-refractivity contribution in [3.8, 4) is 0 Å². The molecule has 0 aliphatic heterocycles. The van der Waals surface area contributed by atoms with E-state index in [0.29, 0.717) is 12.8 Å². The Kier molecular flexibility index (Phi) is 2.47. The van der Waals surface area contributed by atoms with Crippen molar-refractivity contribution in [2.45, 2.75) is 25.7 Å². The molecule has 2 N–H and O–H groups in total. The van der Waals surface area contributed by atoms with Crippen molar-refractivity contribution in [3.05, 3.63) is 0 Å². The van der Waals surface area contributed by atoms with Gasteiger partial charge in [0.05, 0.1) is 12.0 Å². The summed E-state index contributed by atoms with van der Waals surface area (Å²) in [6.45, 7) is -0.335. The minimum absolute atomic E-state index is 0.335. The molecule has 1 fully saturated rings. The largest absolute Gasteiger partial charge is 0.475 e. The van der Waals surface area contributed by atoms with Gasteiger partial charge in [0.25, 0.3) is 0 Å². The topological polar surface area (TPSA) is 74.6 Å². The standard InChI is InChI=1S/C8H12O4/c9-5-8(3-1-2-4-8)6(10)7(11)12/h9H,1-5H2,(H,11,12). The summed E-state index contributed by atoms with van der Waals surface area (Å²) in [5, 5.41) is 17.4. The molecule has 0 amide bonds. The average molecular weight is 172 g/mol. The first-order valence-corrected chi connectivity index (χ1v) is 4.01. The molecule has 0 spiro atoms. The molecule has 0 aromatic heterocycles. The van der Waals surface area contributed by atoms with Crippen LogP contribution in [0.3, 0.4) is 0 Å². The number of aliphatic carboxylic acids is 1. The first-order chi connectivity index (χ1) is 5.62. The normalized spacial score (nSPS) is 20.8. The van der Waals surface area contributed by atoms with E-state index in [1.807, 2.05) is 0 Å². The third-order valence-corrected chi connectivity index (χ3v) is 2.54. The van der Waals surface area contributed by atoms with Crippen LogP contribution >= 0.6 is 0 Å². The van der Waals surface area contributed by atoms with E-state index in [-0.39, 0.29) is 6.61 Å². The highest BCUT2D eigenvalue weighted by atomic mass is 16.4. The second-order valence-corrected chi connectivity index (χ2v) is 3.28. The second kappa shape index (κ2) is 3.23. The third-order valence-electron chi connectivity index (χ3n) is 2.54. The number of carbonyl (C=O) groups is 2. The van der Waals surface area contributed by atoms with E-state index < -0.39 is 17.2 Å². The molecular formula is C8H12O4. The van der Waals surface area contributed by atoms with Crippen molar-refractivity contribution in [2.75, 3.05) is 6.61 Å². The molecule has 0 saturated heterocycles. The highest BCUT2D eigenvalue weighted by Gasteiger charge is 2.43. The van der Waals surface area contributed by atoms with E-state index in [0.717, 1.165) is 12.8 Å². The summed E-state index contributed by atoms with van der Waals surface area (Å²) in [4.78, 5) is 21.5. The van der Waals surface area contributed by atoms with Gasteiger partial charge in [0.1, 0.15) is 0 Å². The van der Waals surface area contributed by atoms with Gasteiger partial charge >= 0.3 is 5.97 Å². The minimum Gasteiger partial charge on any atom is -0.475 e. The summed E-state index contributed by atoms with van der Waals surface area (Å²) in [6.07, 6.45) is 2.68. The molecule has 0 radical (unpaired) electrons. The molecule has 0 aromatic carbocycles. The van der Waals surface area contributed by atoms with Crippen LogP contribution in [-0.2, 0) is 9.59 Å². The monoisotopic (exact) mass is 172 g/mol. The maximum Gasteiger partial charge on any atom is 0.372 e. The maximum atomic E-state index is 11.1. The Labute approximate surface area is 70.2 Å². The Morgan fingerprint density at radius 3 is 2.08 bits per heavy atom. The lowest BCUT2D eigenvalue weighted by Gasteiger charge is -2.21. The summed E-state index contributed by atoms with van der Waals surface area (Å²) >= 11 is 0. The molecule has 0 unspecified atom stereocenters. The SMILES string of the molecule is O=C(O)C(=O)C1(CO)CCCC1. The Morgan fingerprint density at radius 1 is 1.25 bits per heavy atom. The van der Waals surface area contributed by atoms with E-state index >= 15 is 0 Å². The number of ketones is 1. The number of hydrogen-bond acceptors (Lipinski definition) is 3. The van der Waals surface area contributed by atoms with Crippen LogP contribution in [0.1, 0.15) is 25.7 Å². The quantitative estimate of drug-likeness (QED) is 0.596. The molecule has 1 saturated carbocycles. The van der Waals surface area contributed by atoms with Crippen molar-refractivity contribution in [2.24, 2.45) is 5.41 Å². The predicted molar refractivity (Wildman–Crippen MR) is 40.6 cm³/mol. The lowest BCUT2D eigenvalue weighted by atomic mass is 9.82. The van der Waals surface area contributed by atoms with Gasteiger partial charge in [-0.25, -0.2) is 4.79 Å². The number of Topliss-reactive ketones (excluding diaryl/α,β-unsaturated/α-hetero) is 1. The molecule has 1 rings (SSSR count). The lowest BCUT2D eigenvalue weighted by Crippen LogP contribution is -2.37. The fourth-order valence-electron chi connectivity index (χ4n) is 1.74. The van der Waals surface area contributed by atoms with Gasteiger partial charge in [0.15, 0.2) is 0 Å². The average Bonchev–Trinajstić information content (AvgIpc) is 2.52. The van der Waals surface area contributed by atoms with Crippen LogP contribution in [-0.4, -0.2) is 28.6 Å². The van der Waals surface area contributed by atoms with Gasteiger partial charge in [-0.1, -0.05) is 12.8 Å².